The van der Waals surface area contributed by atoms with Crippen molar-refractivity contribution in [3.63, 3.8) is 0 Å². The van der Waals surface area contributed by atoms with Gasteiger partial charge >= 0.3 is 0 Å². The lowest BCUT2D eigenvalue weighted by atomic mass is 10.1. The summed E-state index contributed by atoms with van der Waals surface area (Å²) in [4.78, 5) is 3.99. The van der Waals surface area contributed by atoms with Crippen LogP contribution in [0.2, 0.25) is 0 Å². The van der Waals surface area contributed by atoms with Crippen molar-refractivity contribution < 1.29 is 4.42 Å². The zero-order valence-corrected chi connectivity index (χ0v) is 7.97. The van der Waals surface area contributed by atoms with Gasteiger partial charge in [0.05, 0.1) is 12.3 Å². The van der Waals surface area contributed by atoms with Crippen LogP contribution in [0.15, 0.2) is 47.3 Å². The third-order valence-corrected chi connectivity index (χ3v) is 2.16. The van der Waals surface area contributed by atoms with E-state index in [9.17, 15) is 0 Å². The number of furan rings is 1. The highest BCUT2D eigenvalue weighted by molar-refractivity contribution is 5.23. The van der Waals surface area contributed by atoms with E-state index in [1.54, 1.807) is 18.7 Å². The van der Waals surface area contributed by atoms with E-state index >= 15 is 0 Å². The molecule has 0 aliphatic carbocycles. The lowest BCUT2D eigenvalue weighted by Gasteiger charge is -2.13. The van der Waals surface area contributed by atoms with Crippen LogP contribution in [0.5, 0.6) is 0 Å². The van der Waals surface area contributed by atoms with E-state index < -0.39 is 0 Å². The lowest BCUT2D eigenvalue weighted by molar-refractivity contribution is 0.463. The first kappa shape index (κ1) is 8.97. The molecule has 0 amide bonds. The summed E-state index contributed by atoms with van der Waals surface area (Å²) in [7, 11) is 1.91. The van der Waals surface area contributed by atoms with Gasteiger partial charge in [0.2, 0.25) is 0 Å². The van der Waals surface area contributed by atoms with E-state index in [2.05, 4.69) is 10.3 Å². The second-order valence-electron chi connectivity index (χ2n) is 3.02. The fourth-order valence-corrected chi connectivity index (χ4v) is 1.48. The molecular formula is C11H12N2O. The minimum atomic E-state index is 0.105. The summed E-state index contributed by atoms with van der Waals surface area (Å²) in [5.74, 6) is 0.915. The molecule has 1 unspecified atom stereocenters. The van der Waals surface area contributed by atoms with E-state index in [-0.39, 0.29) is 6.04 Å². The van der Waals surface area contributed by atoms with Crippen molar-refractivity contribution in [2.75, 3.05) is 7.05 Å². The Kier molecular flexibility index (Phi) is 2.60. The van der Waals surface area contributed by atoms with Crippen molar-refractivity contribution in [2.45, 2.75) is 6.04 Å². The van der Waals surface area contributed by atoms with Gasteiger partial charge in [0, 0.05) is 12.4 Å². The number of pyridine rings is 1. The molecule has 2 aromatic rings. The minimum Gasteiger partial charge on any atom is -0.467 e. The maximum absolute atomic E-state index is 5.36. The molecule has 0 radical (unpaired) electrons. The SMILES string of the molecule is CNC(c1ccncc1)c1ccco1. The lowest BCUT2D eigenvalue weighted by Crippen LogP contribution is -2.16. The summed E-state index contributed by atoms with van der Waals surface area (Å²) in [6.07, 6.45) is 5.24. The van der Waals surface area contributed by atoms with Crippen LogP contribution in [-0.2, 0) is 0 Å². The molecule has 3 heteroatoms. The summed E-state index contributed by atoms with van der Waals surface area (Å²) in [5, 5.41) is 3.20. The summed E-state index contributed by atoms with van der Waals surface area (Å²) in [5.41, 5.74) is 1.15. The number of rotatable bonds is 3. The Morgan fingerprint density at radius 1 is 1.29 bits per heavy atom. The van der Waals surface area contributed by atoms with E-state index in [1.165, 1.54) is 0 Å². The smallest absolute Gasteiger partial charge is 0.125 e. The van der Waals surface area contributed by atoms with Crippen molar-refractivity contribution in [3.8, 4) is 0 Å². The maximum atomic E-state index is 5.36. The molecule has 14 heavy (non-hydrogen) atoms. The van der Waals surface area contributed by atoms with Gasteiger partial charge in [-0.1, -0.05) is 0 Å². The fourth-order valence-electron chi connectivity index (χ4n) is 1.48. The van der Waals surface area contributed by atoms with Crippen molar-refractivity contribution in [1.29, 1.82) is 0 Å². The summed E-state index contributed by atoms with van der Waals surface area (Å²) < 4.78 is 5.36. The maximum Gasteiger partial charge on any atom is 0.125 e. The molecule has 3 nitrogen and oxygen atoms in total. The van der Waals surface area contributed by atoms with Crippen LogP contribution in [0.1, 0.15) is 17.4 Å². The molecule has 1 atom stereocenters. The molecule has 0 aromatic carbocycles. The van der Waals surface area contributed by atoms with Crippen molar-refractivity contribution >= 4 is 0 Å². The van der Waals surface area contributed by atoms with Crippen LogP contribution in [0.25, 0.3) is 0 Å². The molecule has 0 spiro atoms. The van der Waals surface area contributed by atoms with Crippen LogP contribution in [0.4, 0.5) is 0 Å². The van der Waals surface area contributed by atoms with Crippen LogP contribution in [0.3, 0.4) is 0 Å². The molecule has 0 saturated carbocycles. The number of aromatic nitrogens is 1. The van der Waals surface area contributed by atoms with E-state index in [1.807, 2.05) is 31.3 Å². The van der Waals surface area contributed by atoms with Gasteiger partial charge in [0.25, 0.3) is 0 Å². The van der Waals surface area contributed by atoms with Crippen LogP contribution in [0, 0.1) is 0 Å². The first-order chi connectivity index (χ1) is 6.92. The minimum absolute atomic E-state index is 0.105. The second-order valence-corrected chi connectivity index (χ2v) is 3.02. The van der Waals surface area contributed by atoms with Crippen LogP contribution >= 0.6 is 0 Å². The van der Waals surface area contributed by atoms with Gasteiger partial charge in [-0.3, -0.25) is 4.98 Å². The molecular weight excluding hydrogens is 176 g/mol. The molecule has 1 N–H and O–H groups in total. The van der Waals surface area contributed by atoms with Gasteiger partial charge in [-0.2, -0.15) is 0 Å². The highest BCUT2D eigenvalue weighted by Crippen LogP contribution is 2.20. The third kappa shape index (κ3) is 1.67. The Hall–Kier alpha value is -1.61. The number of nitrogens with one attached hydrogen (secondary N) is 1. The largest absolute Gasteiger partial charge is 0.467 e. The third-order valence-electron chi connectivity index (χ3n) is 2.16. The van der Waals surface area contributed by atoms with Crippen molar-refractivity contribution in [3.05, 3.63) is 54.2 Å². The number of nitrogens with zero attached hydrogens (tertiary/aromatic N) is 1. The van der Waals surface area contributed by atoms with E-state index in [0.29, 0.717) is 0 Å². The molecule has 0 aliphatic heterocycles. The molecule has 0 bridgehead atoms. The second kappa shape index (κ2) is 4.07. The molecule has 0 saturated heterocycles. The zero-order chi connectivity index (χ0) is 9.80. The van der Waals surface area contributed by atoms with Gasteiger partial charge < -0.3 is 9.73 Å². The first-order valence-corrected chi connectivity index (χ1v) is 4.52. The standard InChI is InChI=1S/C11H12N2O/c1-12-11(10-3-2-8-14-10)9-4-6-13-7-5-9/h2-8,11-12H,1H3. The first-order valence-electron chi connectivity index (χ1n) is 4.52. The monoisotopic (exact) mass is 188 g/mol. The predicted octanol–water partition coefficient (Wildman–Crippen LogP) is 1.98. The molecule has 2 heterocycles. The average molecular weight is 188 g/mol. The molecule has 2 aromatic heterocycles. The summed E-state index contributed by atoms with van der Waals surface area (Å²) in [6.45, 7) is 0. The molecule has 0 aliphatic rings. The number of hydrogen-bond acceptors (Lipinski definition) is 3. The Labute approximate surface area is 82.8 Å². The Morgan fingerprint density at radius 2 is 2.07 bits per heavy atom. The normalized spacial score (nSPS) is 12.6. The highest BCUT2D eigenvalue weighted by Gasteiger charge is 2.13. The molecule has 72 valence electrons. The van der Waals surface area contributed by atoms with Gasteiger partial charge in [-0.15, -0.1) is 0 Å². The highest BCUT2D eigenvalue weighted by atomic mass is 16.3. The Balaban J connectivity index is 2.31. The van der Waals surface area contributed by atoms with Crippen molar-refractivity contribution in [1.82, 2.24) is 10.3 Å². The number of hydrogen-bond donors (Lipinski definition) is 1. The van der Waals surface area contributed by atoms with Crippen molar-refractivity contribution in [2.24, 2.45) is 0 Å². The van der Waals surface area contributed by atoms with Gasteiger partial charge in [0.15, 0.2) is 0 Å². The van der Waals surface area contributed by atoms with E-state index in [0.717, 1.165) is 11.3 Å². The van der Waals surface area contributed by atoms with Crippen LogP contribution < -0.4 is 5.32 Å². The van der Waals surface area contributed by atoms with Gasteiger partial charge in [-0.05, 0) is 36.9 Å². The van der Waals surface area contributed by atoms with Crippen LogP contribution in [-0.4, -0.2) is 12.0 Å². The summed E-state index contributed by atoms with van der Waals surface area (Å²) in [6, 6.07) is 7.91. The quantitative estimate of drug-likeness (QED) is 0.800. The molecule has 0 fully saturated rings. The topological polar surface area (TPSA) is 38.1 Å². The fraction of sp³-hybridized carbons (Fsp3) is 0.182. The Bertz CT molecular complexity index is 369. The Morgan fingerprint density at radius 3 is 2.64 bits per heavy atom. The summed E-state index contributed by atoms with van der Waals surface area (Å²) >= 11 is 0. The average Bonchev–Trinajstić information content (AvgIpc) is 2.74. The van der Waals surface area contributed by atoms with E-state index in [4.69, 9.17) is 4.42 Å². The zero-order valence-electron chi connectivity index (χ0n) is 7.97. The molecule has 2 rings (SSSR count). The predicted molar refractivity (Wildman–Crippen MR) is 53.8 cm³/mol. The van der Waals surface area contributed by atoms with Gasteiger partial charge in [-0.25, -0.2) is 0 Å². The van der Waals surface area contributed by atoms with Gasteiger partial charge in [0.1, 0.15) is 5.76 Å².